The molecule has 0 amide bonds. The van der Waals surface area contributed by atoms with Gasteiger partial charge in [0.15, 0.2) is 0 Å². The van der Waals surface area contributed by atoms with Crippen molar-refractivity contribution in [2.24, 2.45) is 5.73 Å². The number of aromatic amines is 1. The van der Waals surface area contributed by atoms with Crippen LogP contribution in [0.2, 0.25) is 10.0 Å². The Morgan fingerprint density at radius 1 is 1.40 bits per heavy atom. The van der Waals surface area contributed by atoms with Gasteiger partial charge in [0.2, 0.25) is 0 Å². The number of nitrogens with one attached hydrogen (secondary N) is 1. The molecule has 0 radical (unpaired) electrons. The summed E-state index contributed by atoms with van der Waals surface area (Å²) in [6.07, 6.45) is 2.78. The molecule has 2 aromatic rings. The topological polar surface area (TPSA) is 41.8 Å². The maximum Gasteiger partial charge on any atom is 0.0518 e. The zero-order valence-corrected chi connectivity index (χ0v) is 9.86. The molecule has 0 aliphatic carbocycles. The second-order valence-corrected chi connectivity index (χ2v) is 4.41. The van der Waals surface area contributed by atoms with Crippen LogP contribution < -0.4 is 5.73 Å². The molecule has 0 fully saturated rings. The third-order valence-electron chi connectivity index (χ3n) is 2.57. The molecular weight excluding hydrogens is 231 g/mol. The van der Waals surface area contributed by atoms with Crippen LogP contribution in [0.4, 0.5) is 0 Å². The molecule has 1 heterocycles. The molecule has 0 aliphatic rings. The third kappa shape index (κ3) is 1.85. The number of nitrogens with two attached hydrogens (primary N) is 1. The summed E-state index contributed by atoms with van der Waals surface area (Å²) in [5, 5.41) is 2.26. The minimum atomic E-state index is 0.0115. The van der Waals surface area contributed by atoms with Crippen LogP contribution >= 0.6 is 23.2 Å². The number of rotatable bonds is 2. The van der Waals surface area contributed by atoms with Crippen LogP contribution in [0.15, 0.2) is 18.3 Å². The maximum absolute atomic E-state index is 6.15. The van der Waals surface area contributed by atoms with Gasteiger partial charge in [0.25, 0.3) is 0 Å². The van der Waals surface area contributed by atoms with Gasteiger partial charge in [-0.1, -0.05) is 30.1 Å². The van der Waals surface area contributed by atoms with E-state index in [1.165, 1.54) is 0 Å². The van der Waals surface area contributed by atoms with E-state index in [4.69, 9.17) is 28.9 Å². The molecule has 0 bridgehead atoms. The second kappa shape index (κ2) is 4.05. The summed E-state index contributed by atoms with van der Waals surface area (Å²) in [5.74, 6) is 0. The zero-order chi connectivity index (χ0) is 11.0. The Morgan fingerprint density at radius 2 is 2.13 bits per heavy atom. The fraction of sp³-hybridized carbons (Fsp3) is 0.273. The molecule has 0 saturated heterocycles. The highest BCUT2D eigenvalue weighted by Gasteiger charge is 2.13. The number of hydrogen-bond donors (Lipinski definition) is 2. The van der Waals surface area contributed by atoms with Gasteiger partial charge in [-0.2, -0.15) is 0 Å². The first-order chi connectivity index (χ1) is 7.13. The minimum Gasteiger partial charge on any atom is -0.361 e. The fourth-order valence-corrected chi connectivity index (χ4v) is 2.32. The number of H-pyrrole nitrogens is 1. The van der Waals surface area contributed by atoms with E-state index in [2.05, 4.69) is 4.98 Å². The monoisotopic (exact) mass is 242 g/mol. The van der Waals surface area contributed by atoms with Crippen LogP contribution in [0.5, 0.6) is 0 Å². The largest absolute Gasteiger partial charge is 0.361 e. The summed E-state index contributed by atoms with van der Waals surface area (Å²) >= 11 is 12.1. The lowest BCUT2D eigenvalue weighted by Gasteiger charge is -2.07. The number of halogens is 2. The second-order valence-electron chi connectivity index (χ2n) is 3.57. The number of hydrogen-bond acceptors (Lipinski definition) is 1. The van der Waals surface area contributed by atoms with Gasteiger partial charge in [-0.05, 0) is 24.1 Å². The number of aromatic nitrogens is 1. The average molecular weight is 243 g/mol. The van der Waals surface area contributed by atoms with Gasteiger partial charge in [0.1, 0.15) is 0 Å². The number of fused-ring (bicyclic) bond motifs is 1. The van der Waals surface area contributed by atoms with E-state index in [1.807, 2.05) is 19.2 Å². The van der Waals surface area contributed by atoms with E-state index in [0.717, 1.165) is 22.9 Å². The average Bonchev–Trinajstić information content (AvgIpc) is 2.60. The molecule has 1 atom stereocenters. The van der Waals surface area contributed by atoms with Gasteiger partial charge in [-0.25, -0.2) is 0 Å². The Balaban J connectivity index is 2.69. The quantitative estimate of drug-likeness (QED) is 0.825. The maximum atomic E-state index is 6.15. The van der Waals surface area contributed by atoms with Crippen molar-refractivity contribution in [1.29, 1.82) is 0 Å². The molecule has 1 aromatic heterocycles. The predicted octanol–water partition coefficient (Wildman–Crippen LogP) is 3.88. The van der Waals surface area contributed by atoms with Crippen LogP contribution in [0, 0.1) is 0 Å². The van der Waals surface area contributed by atoms with E-state index in [9.17, 15) is 0 Å². The van der Waals surface area contributed by atoms with Gasteiger partial charge in [-0.15, -0.1) is 0 Å². The molecule has 0 aliphatic heterocycles. The van der Waals surface area contributed by atoms with Crippen molar-refractivity contribution in [2.75, 3.05) is 0 Å². The summed E-state index contributed by atoms with van der Waals surface area (Å²) < 4.78 is 0. The highest BCUT2D eigenvalue weighted by atomic mass is 35.5. The van der Waals surface area contributed by atoms with Crippen molar-refractivity contribution >= 4 is 34.1 Å². The van der Waals surface area contributed by atoms with Gasteiger partial charge < -0.3 is 10.7 Å². The van der Waals surface area contributed by atoms with Crippen molar-refractivity contribution in [3.8, 4) is 0 Å². The molecule has 3 N–H and O–H groups in total. The molecule has 4 heteroatoms. The standard InChI is InChI=1S/C11H12Cl2N2/c1-2-9(14)7-5-15-10-4-6(12)3-8(13)11(7)10/h3-5,9,15H,2,14H2,1H3/t9-/m0/s1. The van der Waals surface area contributed by atoms with Crippen molar-refractivity contribution < 1.29 is 0 Å². The zero-order valence-electron chi connectivity index (χ0n) is 8.35. The first-order valence-electron chi connectivity index (χ1n) is 4.85. The van der Waals surface area contributed by atoms with Crippen LogP contribution in [0.3, 0.4) is 0 Å². The van der Waals surface area contributed by atoms with Crippen LogP contribution in [0.1, 0.15) is 24.9 Å². The van der Waals surface area contributed by atoms with Crippen molar-refractivity contribution in [2.45, 2.75) is 19.4 Å². The molecule has 0 spiro atoms. The Labute approximate surface area is 98.4 Å². The minimum absolute atomic E-state index is 0.0115. The molecule has 2 rings (SSSR count). The molecule has 0 unspecified atom stereocenters. The number of benzene rings is 1. The first-order valence-corrected chi connectivity index (χ1v) is 5.60. The van der Waals surface area contributed by atoms with E-state index >= 15 is 0 Å². The smallest absolute Gasteiger partial charge is 0.0518 e. The lowest BCUT2D eigenvalue weighted by Crippen LogP contribution is -2.07. The van der Waals surface area contributed by atoms with E-state index in [0.29, 0.717) is 10.0 Å². The van der Waals surface area contributed by atoms with Gasteiger partial charge >= 0.3 is 0 Å². The lowest BCUT2D eigenvalue weighted by atomic mass is 10.0. The molecule has 80 valence electrons. The Bertz CT molecular complexity index is 491. The fourth-order valence-electron chi connectivity index (χ4n) is 1.72. The predicted molar refractivity (Wildman–Crippen MR) is 65.5 cm³/mol. The highest BCUT2D eigenvalue weighted by Crippen LogP contribution is 2.33. The summed E-state index contributed by atoms with van der Waals surface area (Å²) in [6.45, 7) is 2.05. The van der Waals surface area contributed by atoms with Crippen molar-refractivity contribution in [1.82, 2.24) is 4.98 Å². The lowest BCUT2D eigenvalue weighted by molar-refractivity contribution is 0.704. The van der Waals surface area contributed by atoms with Crippen LogP contribution in [-0.2, 0) is 0 Å². The molecule has 15 heavy (non-hydrogen) atoms. The normalized spacial score (nSPS) is 13.3. The summed E-state index contributed by atoms with van der Waals surface area (Å²) in [6, 6.07) is 3.61. The summed E-state index contributed by atoms with van der Waals surface area (Å²) in [4.78, 5) is 3.14. The highest BCUT2D eigenvalue weighted by molar-refractivity contribution is 6.38. The van der Waals surface area contributed by atoms with Crippen LogP contribution in [-0.4, -0.2) is 4.98 Å². The first kappa shape index (κ1) is 10.8. The molecule has 0 saturated carbocycles. The third-order valence-corrected chi connectivity index (χ3v) is 3.08. The van der Waals surface area contributed by atoms with Gasteiger partial charge in [0, 0.05) is 28.2 Å². The summed E-state index contributed by atoms with van der Waals surface area (Å²) in [7, 11) is 0. The Morgan fingerprint density at radius 3 is 2.80 bits per heavy atom. The molecular formula is C11H12Cl2N2. The van der Waals surface area contributed by atoms with Crippen LogP contribution in [0.25, 0.3) is 10.9 Å². The Kier molecular flexibility index (Phi) is 2.91. The van der Waals surface area contributed by atoms with Crippen molar-refractivity contribution in [3.63, 3.8) is 0 Å². The van der Waals surface area contributed by atoms with Crippen molar-refractivity contribution in [3.05, 3.63) is 33.9 Å². The van der Waals surface area contributed by atoms with E-state index < -0.39 is 0 Å². The van der Waals surface area contributed by atoms with Gasteiger partial charge in [-0.3, -0.25) is 0 Å². The Hall–Kier alpha value is -0.700. The van der Waals surface area contributed by atoms with Gasteiger partial charge in [0.05, 0.1) is 5.02 Å². The van der Waals surface area contributed by atoms with E-state index in [-0.39, 0.29) is 6.04 Å². The summed E-state index contributed by atoms with van der Waals surface area (Å²) in [5.41, 5.74) is 7.99. The van der Waals surface area contributed by atoms with E-state index in [1.54, 1.807) is 6.07 Å². The molecule has 1 aromatic carbocycles. The SMILES string of the molecule is CC[C@H](N)c1c[nH]c2cc(Cl)cc(Cl)c12. The molecule has 2 nitrogen and oxygen atoms in total.